The van der Waals surface area contributed by atoms with Crippen LogP contribution in [0.15, 0.2) is 64.7 Å². The molecule has 6 aromatic rings. The predicted octanol–water partition coefficient (Wildman–Crippen LogP) is 7.27. The van der Waals surface area contributed by atoms with Crippen LogP contribution in [-0.4, -0.2) is 4.98 Å². The maximum Gasteiger partial charge on any atom is 0.287 e. The zero-order valence-corrected chi connectivity index (χ0v) is 18.9. The van der Waals surface area contributed by atoms with E-state index in [1.807, 2.05) is 6.33 Å². The number of hydrogen-bond acceptors (Lipinski definition) is 3. The second-order valence-corrected chi connectivity index (χ2v) is 9.52. The number of thiophene rings is 1. The Labute approximate surface area is 184 Å². The first kappa shape index (κ1) is 18.5. The SMILES string of the molecule is Cc1c(-c2c3scc(C(C)C)c3nc[n+]2C)ccc2c1oc1cc3ccccc3cc12. The molecule has 152 valence electrons. The Hall–Kier alpha value is -3.24. The zero-order chi connectivity index (χ0) is 21.3. The number of benzene rings is 3. The molecule has 0 amide bonds. The first-order chi connectivity index (χ1) is 15.0. The van der Waals surface area contributed by atoms with Crippen molar-refractivity contribution in [1.82, 2.24) is 4.98 Å². The molecule has 0 saturated carbocycles. The van der Waals surface area contributed by atoms with Crippen molar-refractivity contribution in [3.05, 3.63) is 71.4 Å². The minimum Gasteiger partial charge on any atom is -0.456 e. The molecule has 0 unspecified atom stereocenters. The lowest BCUT2D eigenvalue weighted by atomic mass is 9.99. The van der Waals surface area contributed by atoms with Crippen LogP contribution in [0.3, 0.4) is 0 Å². The summed E-state index contributed by atoms with van der Waals surface area (Å²) >= 11 is 1.78. The van der Waals surface area contributed by atoms with Gasteiger partial charge in [0, 0.05) is 27.5 Å². The van der Waals surface area contributed by atoms with Crippen LogP contribution in [0, 0.1) is 6.92 Å². The van der Waals surface area contributed by atoms with Crippen LogP contribution in [-0.2, 0) is 7.05 Å². The lowest BCUT2D eigenvalue weighted by molar-refractivity contribution is -0.662. The quantitative estimate of drug-likeness (QED) is 0.274. The number of aromatic nitrogens is 2. The topological polar surface area (TPSA) is 29.9 Å². The second-order valence-electron chi connectivity index (χ2n) is 8.64. The van der Waals surface area contributed by atoms with Gasteiger partial charge in [-0.3, -0.25) is 0 Å². The summed E-state index contributed by atoms with van der Waals surface area (Å²) < 4.78 is 9.79. The summed E-state index contributed by atoms with van der Waals surface area (Å²) in [5.74, 6) is 0.454. The lowest BCUT2D eigenvalue weighted by Crippen LogP contribution is -2.31. The maximum absolute atomic E-state index is 6.43. The van der Waals surface area contributed by atoms with E-state index in [-0.39, 0.29) is 0 Å². The van der Waals surface area contributed by atoms with Crippen LogP contribution in [0.2, 0.25) is 0 Å². The molecule has 0 bridgehead atoms. The van der Waals surface area contributed by atoms with Gasteiger partial charge in [-0.1, -0.05) is 38.1 Å². The largest absolute Gasteiger partial charge is 0.456 e. The highest BCUT2D eigenvalue weighted by atomic mass is 32.1. The Morgan fingerprint density at radius 2 is 1.77 bits per heavy atom. The molecule has 0 aliphatic heterocycles. The predicted molar refractivity (Wildman–Crippen MR) is 130 cm³/mol. The van der Waals surface area contributed by atoms with Gasteiger partial charge in [0.2, 0.25) is 5.52 Å². The van der Waals surface area contributed by atoms with Gasteiger partial charge in [-0.25, -0.2) is 4.57 Å². The standard InChI is InChI=1S/C27H23N2OS/c1-15(2)22-13-31-27-24(22)28-14-29(4)25(27)19-9-10-20-21-11-17-7-5-6-8-18(17)12-23(21)30-26(20)16(19)3/h5-15H,1-4H3/q+1. The molecule has 0 atom stereocenters. The molecule has 3 heterocycles. The van der Waals surface area contributed by atoms with E-state index in [4.69, 9.17) is 9.40 Å². The Bertz CT molecular complexity index is 1640. The molecule has 0 fully saturated rings. The van der Waals surface area contributed by atoms with E-state index in [2.05, 4.69) is 86.3 Å². The molecule has 6 rings (SSSR count). The van der Waals surface area contributed by atoms with Crippen LogP contribution in [0.4, 0.5) is 0 Å². The molecule has 4 heteroatoms. The maximum atomic E-state index is 6.43. The first-order valence-corrected chi connectivity index (χ1v) is 11.5. The minimum absolute atomic E-state index is 0.454. The van der Waals surface area contributed by atoms with Gasteiger partial charge in [-0.2, -0.15) is 0 Å². The van der Waals surface area contributed by atoms with Crippen LogP contribution in [0.5, 0.6) is 0 Å². The Kier molecular flexibility index (Phi) is 3.96. The number of nitrogens with zero attached hydrogens (tertiary/aromatic N) is 2. The summed E-state index contributed by atoms with van der Waals surface area (Å²) in [6.07, 6.45) is 1.94. The molecule has 0 aliphatic rings. The fourth-order valence-corrected chi connectivity index (χ4v) is 5.94. The van der Waals surface area contributed by atoms with Crippen molar-refractivity contribution in [2.45, 2.75) is 26.7 Å². The average Bonchev–Trinajstić information content (AvgIpc) is 3.35. The van der Waals surface area contributed by atoms with E-state index >= 15 is 0 Å². The van der Waals surface area contributed by atoms with Crippen molar-refractivity contribution >= 4 is 54.3 Å². The third-order valence-corrected chi connectivity index (χ3v) is 7.35. The van der Waals surface area contributed by atoms with Gasteiger partial charge in [0.15, 0.2) is 5.69 Å². The van der Waals surface area contributed by atoms with Gasteiger partial charge >= 0.3 is 0 Å². The summed E-state index contributed by atoms with van der Waals surface area (Å²) in [6, 6.07) is 17.3. The van der Waals surface area contributed by atoms with Crippen LogP contribution in [0.25, 0.3) is 54.2 Å². The molecule has 31 heavy (non-hydrogen) atoms. The average molecular weight is 424 g/mol. The van der Waals surface area contributed by atoms with Crippen molar-refractivity contribution < 1.29 is 8.98 Å². The highest BCUT2D eigenvalue weighted by molar-refractivity contribution is 7.17. The third kappa shape index (κ3) is 2.64. The Morgan fingerprint density at radius 3 is 2.55 bits per heavy atom. The monoisotopic (exact) mass is 423 g/mol. The molecule has 0 N–H and O–H groups in total. The molecule has 0 aliphatic carbocycles. The van der Waals surface area contributed by atoms with Crippen LogP contribution in [0.1, 0.15) is 30.9 Å². The van der Waals surface area contributed by atoms with Gasteiger partial charge in [-0.15, -0.1) is 11.3 Å². The van der Waals surface area contributed by atoms with Crippen molar-refractivity contribution in [1.29, 1.82) is 0 Å². The third-order valence-electron chi connectivity index (χ3n) is 6.35. The number of rotatable bonds is 2. The Balaban J connectivity index is 1.66. The molecule has 0 spiro atoms. The number of hydrogen-bond donors (Lipinski definition) is 0. The van der Waals surface area contributed by atoms with E-state index < -0.39 is 0 Å². The fraction of sp³-hybridized carbons (Fsp3) is 0.185. The summed E-state index contributed by atoms with van der Waals surface area (Å²) in [5.41, 5.74) is 7.90. The van der Waals surface area contributed by atoms with Crippen molar-refractivity contribution in [2.75, 3.05) is 0 Å². The summed E-state index contributed by atoms with van der Waals surface area (Å²) in [4.78, 5) is 4.76. The van der Waals surface area contributed by atoms with Crippen molar-refractivity contribution in [2.24, 2.45) is 7.05 Å². The normalized spacial score (nSPS) is 12.2. The second kappa shape index (κ2) is 6.63. The van der Waals surface area contributed by atoms with Gasteiger partial charge in [-0.05, 0) is 58.2 Å². The van der Waals surface area contributed by atoms with E-state index in [1.165, 1.54) is 48.6 Å². The Morgan fingerprint density at radius 1 is 1.00 bits per heavy atom. The molecule has 0 saturated heterocycles. The highest BCUT2D eigenvalue weighted by Crippen LogP contribution is 2.40. The number of aryl methyl sites for hydroxylation is 2. The number of fused-ring (bicyclic) bond motifs is 5. The molecular weight excluding hydrogens is 400 g/mol. The number of furan rings is 1. The highest BCUT2D eigenvalue weighted by Gasteiger charge is 2.24. The van der Waals surface area contributed by atoms with Crippen molar-refractivity contribution in [3.8, 4) is 11.3 Å². The van der Waals surface area contributed by atoms with Gasteiger partial charge in [0.25, 0.3) is 6.33 Å². The molecule has 3 aromatic heterocycles. The van der Waals surface area contributed by atoms with Gasteiger partial charge < -0.3 is 4.42 Å². The van der Waals surface area contributed by atoms with E-state index in [9.17, 15) is 0 Å². The van der Waals surface area contributed by atoms with Gasteiger partial charge in [0.05, 0.1) is 7.05 Å². The molecule has 3 nitrogen and oxygen atoms in total. The molecular formula is C27H23N2OS+. The van der Waals surface area contributed by atoms with Crippen LogP contribution >= 0.6 is 11.3 Å². The minimum atomic E-state index is 0.454. The van der Waals surface area contributed by atoms with Crippen molar-refractivity contribution in [3.63, 3.8) is 0 Å². The van der Waals surface area contributed by atoms with E-state index in [1.54, 1.807) is 11.3 Å². The lowest BCUT2D eigenvalue weighted by Gasteiger charge is -2.08. The molecule has 0 radical (unpaired) electrons. The van der Waals surface area contributed by atoms with Crippen LogP contribution < -0.4 is 4.57 Å². The van der Waals surface area contributed by atoms with E-state index in [0.717, 1.165) is 16.7 Å². The summed E-state index contributed by atoms with van der Waals surface area (Å²) in [5, 5.41) is 7.04. The summed E-state index contributed by atoms with van der Waals surface area (Å²) in [7, 11) is 2.07. The smallest absolute Gasteiger partial charge is 0.287 e. The van der Waals surface area contributed by atoms with Gasteiger partial charge in [0.1, 0.15) is 15.9 Å². The summed E-state index contributed by atoms with van der Waals surface area (Å²) in [6.45, 7) is 6.63. The molecule has 3 aromatic carbocycles. The van der Waals surface area contributed by atoms with E-state index in [0.29, 0.717) is 5.92 Å². The fourth-order valence-electron chi connectivity index (χ4n) is 4.67. The first-order valence-electron chi connectivity index (χ1n) is 10.6. The zero-order valence-electron chi connectivity index (χ0n) is 18.1.